The normalized spacial score (nSPS) is 15.5. The zero-order valence-electron chi connectivity index (χ0n) is 13.6. The summed E-state index contributed by atoms with van der Waals surface area (Å²) in [6.45, 7) is 5.55. The van der Waals surface area contributed by atoms with Gasteiger partial charge in [0, 0.05) is 17.3 Å². The topological polar surface area (TPSA) is 29.5 Å². The lowest BCUT2D eigenvalue weighted by atomic mass is 10.1. The van der Waals surface area contributed by atoms with Gasteiger partial charge in [-0.3, -0.25) is 9.69 Å². The van der Waals surface area contributed by atoms with E-state index in [2.05, 4.69) is 29.2 Å². The van der Waals surface area contributed by atoms with E-state index in [0.717, 1.165) is 12.1 Å². The van der Waals surface area contributed by atoms with Crippen molar-refractivity contribution in [2.75, 3.05) is 13.1 Å². The quantitative estimate of drug-likeness (QED) is 0.730. The molecule has 1 fully saturated rings. The highest BCUT2D eigenvalue weighted by atomic mass is 32.1. The summed E-state index contributed by atoms with van der Waals surface area (Å²) in [6.07, 6.45) is 4.02. The van der Waals surface area contributed by atoms with Crippen molar-refractivity contribution in [1.29, 1.82) is 0 Å². The van der Waals surface area contributed by atoms with Crippen LogP contribution in [-0.2, 0) is 13.2 Å². The highest BCUT2D eigenvalue weighted by molar-refractivity contribution is 7.08. The van der Waals surface area contributed by atoms with Crippen LogP contribution in [-0.4, -0.2) is 23.8 Å². The number of piperidine rings is 1. The summed E-state index contributed by atoms with van der Waals surface area (Å²) < 4.78 is 5.79. The molecular weight excluding hydrogens is 306 g/mol. The molecule has 3 rings (SSSR count). The largest absolute Gasteiger partial charge is 0.487 e. The Bertz CT molecular complexity index is 642. The lowest BCUT2D eigenvalue weighted by molar-refractivity contribution is 0.101. The molecule has 23 heavy (non-hydrogen) atoms. The second-order valence-corrected chi connectivity index (χ2v) is 6.89. The van der Waals surface area contributed by atoms with Crippen LogP contribution in [0.1, 0.15) is 47.7 Å². The zero-order chi connectivity index (χ0) is 16.1. The number of thiophene rings is 1. The number of rotatable bonds is 6. The van der Waals surface area contributed by atoms with Crippen molar-refractivity contribution >= 4 is 17.1 Å². The first kappa shape index (κ1) is 16.2. The van der Waals surface area contributed by atoms with Gasteiger partial charge in [-0.2, -0.15) is 0 Å². The standard InChI is InChI=1S/C19H23NO2S/c1-15(21)18-13-23-14-19(18)22-12-17-7-5-16(6-8-17)11-20-9-3-2-4-10-20/h5-8,13-14H,2-4,9-12H2,1H3. The molecule has 1 aliphatic rings. The molecule has 4 heteroatoms. The molecule has 3 nitrogen and oxygen atoms in total. The molecule has 0 amide bonds. The average molecular weight is 329 g/mol. The van der Waals surface area contributed by atoms with Crippen molar-refractivity contribution in [3.05, 3.63) is 51.7 Å². The second kappa shape index (κ2) is 7.75. The van der Waals surface area contributed by atoms with Gasteiger partial charge in [0.05, 0.1) is 5.56 Å². The van der Waals surface area contributed by atoms with Crippen LogP contribution in [0.3, 0.4) is 0 Å². The maximum absolute atomic E-state index is 11.5. The van der Waals surface area contributed by atoms with Gasteiger partial charge in [-0.1, -0.05) is 30.7 Å². The zero-order valence-corrected chi connectivity index (χ0v) is 14.4. The molecule has 1 aliphatic heterocycles. The van der Waals surface area contributed by atoms with Crippen LogP contribution in [0.4, 0.5) is 0 Å². The number of ether oxygens (including phenoxy) is 1. The second-order valence-electron chi connectivity index (χ2n) is 6.15. The summed E-state index contributed by atoms with van der Waals surface area (Å²) in [4.78, 5) is 14.0. The molecule has 1 saturated heterocycles. The molecule has 0 radical (unpaired) electrons. The molecular formula is C19H23NO2S. The number of Topliss-reactive ketones (excluding diaryl/α,β-unsaturated/α-hetero) is 1. The first-order chi connectivity index (χ1) is 11.2. The molecule has 2 heterocycles. The lowest BCUT2D eigenvalue weighted by Crippen LogP contribution is -2.29. The summed E-state index contributed by atoms with van der Waals surface area (Å²) in [7, 11) is 0. The van der Waals surface area contributed by atoms with Crippen LogP contribution in [0.15, 0.2) is 35.0 Å². The first-order valence-electron chi connectivity index (χ1n) is 8.22. The lowest BCUT2D eigenvalue weighted by Gasteiger charge is -2.26. The minimum Gasteiger partial charge on any atom is -0.487 e. The van der Waals surface area contributed by atoms with E-state index in [1.54, 1.807) is 6.92 Å². The molecule has 1 aromatic carbocycles. The fraction of sp³-hybridized carbons (Fsp3) is 0.421. The predicted octanol–water partition coefficient (Wildman–Crippen LogP) is 4.52. The van der Waals surface area contributed by atoms with Gasteiger partial charge in [0.15, 0.2) is 5.78 Å². The Hall–Kier alpha value is -1.65. The van der Waals surface area contributed by atoms with Crippen LogP contribution in [0, 0.1) is 0 Å². The van der Waals surface area contributed by atoms with Crippen molar-refractivity contribution in [1.82, 2.24) is 4.90 Å². The summed E-state index contributed by atoms with van der Waals surface area (Å²) in [5.41, 5.74) is 3.17. The highest BCUT2D eigenvalue weighted by Crippen LogP contribution is 2.25. The van der Waals surface area contributed by atoms with Gasteiger partial charge in [0.2, 0.25) is 0 Å². The third kappa shape index (κ3) is 4.43. The minimum atomic E-state index is 0.0538. The molecule has 0 aliphatic carbocycles. The Labute approximate surface area is 141 Å². The molecule has 2 aromatic rings. The Balaban J connectivity index is 1.55. The molecule has 0 spiro atoms. The maximum atomic E-state index is 11.5. The third-order valence-corrected chi connectivity index (χ3v) is 5.00. The van der Waals surface area contributed by atoms with Gasteiger partial charge in [-0.25, -0.2) is 0 Å². The maximum Gasteiger partial charge on any atom is 0.164 e. The molecule has 122 valence electrons. The Kier molecular flexibility index (Phi) is 5.47. The van der Waals surface area contributed by atoms with E-state index in [1.165, 1.54) is 49.3 Å². The molecule has 0 unspecified atom stereocenters. The number of nitrogens with zero attached hydrogens (tertiary/aromatic N) is 1. The predicted molar refractivity (Wildman–Crippen MR) is 94.2 cm³/mol. The number of hydrogen-bond acceptors (Lipinski definition) is 4. The smallest absolute Gasteiger partial charge is 0.164 e. The SMILES string of the molecule is CC(=O)c1cscc1OCc1ccc(CN2CCCCC2)cc1. The monoisotopic (exact) mass is 329 g/mol. The molecule has 0 N–H and O–H groups in total. The van der Waals surface area contributed by atoms with Gasteiger partial charge >= 0.3 is 0 Å². The van der Waals surface area contributed by atoms with Crippen molar-refractivity contribution in [2.24, 2.45) is 0 Å². The number of carbonyl (C=O) groups is 1. The number of benzene rings is 1. The van der Waals surface area contributed by atoms with E-state index >= 15 is 0 Å². The van der Waals surface area contributed by atoms with Crippen LogP contribution in [0.2, 0.25) is 0 Å². The van der Waals surface area contributed by atoms with Gasteiger partial charge in [-0.15, -0.1) is 11.3 Å². The number of ketones is 1. The van der Waals surface area contributed by atoms with Crippen molar-refractivity contribution in [3.63, 3.8) is 0 Å². The summed E-state index contributed by atoms with van der Waals surface area (Å²) in [5, 5.41) is 3.74. The van der Waals surface area contributed by atoms with E-state index in [0.29, 0.717) is 17.9 Å². The highest BCUT2D eigenvalue weighted by Gasteiger charge is 2.11. The Morgan fingerprint density at radius 2 is 1.78 bits per heavy atom. The third-order valence-electron chi connectivity index (χ3n) is 4.28. The molecule has 0 saturated carbocycles. The van der Waals surface area contributed by atoms with E-state index in [1.807, 2.05) is 10.8 Å². The fourth-order valence-electron chi connectivity index (χ4n) is 2.93. The van der Waals surface area contributed by atoms with Gasteiger partial charge in [0.1, 0.15) is 12.4 Å². The summed E-state index contributed by atoms with van der Waals surface area (Å²) >= 11 is 1.50. The minimum absolute atomic E-state index is 0.0538. The first-order valence-corrected chi connectivity index (χ1v) is 9.17. The van der Waals surface area contributed by atoms with E-state index in [4.69, 9.17) is 4.74 Å². The number of hydrogen-bond donors (Lipinski definition) is 0. The van der Waals surface area contributed by atoms with Crippen LogP contribution < -0.4 is 4.74 Å². The number of likely N-dealkylation sites (tertiary alicyclic amines) is 1. The molecule has 1 aromatic heterocycles. The summed E-state index contributed by atoms with van der Waals surface area (Å²) in [6, 6.07) is 8.62. The molecule has 0 bridgehead atoms. The average Bonchev–Trinajstić information content (AvgIpc) is 3.04. The molecule has 0 atom stereocenters. The number of carbonyl (C=O) groups excluding carboxylic acids is 1. The van der Waals surface area contributed by atoms with Crippen molar-refractivity contribution in [2.45, 2.75) is 39.3 Å². The van der Waals surface area contributed by atoms with Gasteiger partial charge in [-0.05, 0) is 44.0 Å². The van der Waals surface area contributed by atoms with E-state index in [-0.39, 0.29) is 5.78 Å². The van der Waals surface area contributed by atoms with Crippen LogP contribution in [0.25, 0.3) is 0 Å². The van der Waals surface area contributed by atoms with E-state index < -0.39 is 0 Å². The van der Waals surface area contributed by atoms with Crippen molar-refractivity contribution < 1.29 is 9.53 Å². The summed E-state index contributed by atoms with van der Waals surface area (Å²) in [5.74, 6) is 0.748. The van der Waals surface area contributed by atoms with Crippen LogP contribution in [0.5, 0.6) is 5.75 Å². The van der Waals surface area contributed by atoms with Gasteiger partial charge in [0.25, 0.3) is 0 Å². The Morgan fingerprint density at radius 3 is 2.48 bits per heavy atom. The van der Waals surface area contributed by atoms with Crippen LogP contribution >= 0.6 is 11.3 Å². The fourth-order valence-corrected chi connectivity index (χ4v) is 3.74. The Morgan fingerprint density at radius 1 is 1.09 bits per heavy atom. The van der Waals surface area contributed by atoms with Crippen molar-refractivity contribution in [3.8, 4) is 5.75 Å². The van der Waals surface area contributed by atoms with E-state index in [9.17, 15) is 4.79 Å². The van der Waals surface area contributed by atoms with Gasteiger partial charge < -0.3 is 4.74 Å².